The summed E-state index contributed by atoms with van der Waals surface area (Å²) < 4.78 is 22.8. The molecule has 5 nitrogen and oxygen atoms in total. The minimum Gasteiger partial charge on any atom is -0.449 e. The van der Waals surface area contributed by atoms with Crippen LogP contribution in [0.3, 0.4) is 0 Å². The first-order chi connectivity index (χ1) is 10.2. The predicted octanol–water partition coefficient (Wildman–Crippen LogP) is 3.17. The summed E-state index contributed by atoms with van der Waals surface area (Å²) in [4.78, 5) is 23.6. The lowest BCUT2D eigenvalue weighted by atomic mass is 9.99. The molecule has 0 saturated heterocycles. The molecule has 1 N–H and O–H groups in total. The molecule has 122 valence electrons. The number of benzene rings is 1. The molecule has 0 heterocycles. The maximum absolute atomic E-state index is 13.0. The Morgan fingerprint density at radius 2 is 1.86 bits per heavy atom. The highest BCUT2D eigenvalue weighted by Crippen LogP contribution is 2.18. The van der Waals surface area contributed by atoms with Gasteiger partial charge in [-0.05, 0) is 38.5 Å². The van der Waals surface area contributed by atoms with Crippen LogP contribution in [0.5, 0.6) is 0 Å². The van der Waals surface area contributed by atoms with Crippen molar-refractivity contribution in [2.45, 2.75) is 32.3 Å². The Kier molecular flexibility index (Phi) is 6.61. The summed E-state index contributed by atoms with van der Waals surface area (Å²) in [5, 5.41) is 2.49. The first-order valence-electron chi connectivity index (χ1n) is 6.68. The Morgan fingerprint density at radius 1 is 1.27 bits per heavy atom. The largest absolute Gasteiger partial charge is 0.449 e. The summed E-state index contributed by atoms with van der Waals surface area (Å²) in [6.07, 6.45) is -0.654. The lowest BCUT2D eigenvalue weighted by molar-refractivity contribution is -0.143. The number of nitrogens with one attached hydrogen (secondary N) is 1. The number of esters is 1. The number of ether oxygens (including phenoxy) is 2. The quantitative estimate of drug-likeness (QED) is 0.665. The van der Waals surface area contributed by atoms with Gasteiger partial charge in [0.15, 0.2) is 6.07 Å². The van der Waals surface area contributed by atoms with Crippen molar-refractivity contribution in [3.05, 3.63) is 35.6 Å². The molecule has 0 fully saturated rings. The molecule has 1 atom stereocenters. The third-order valence-electron chi connectivity index (χ3n) is 2.60. The zero-order chi connectivity index (χ0) is 16.8. The molecule has 0 aliphatic carbocycles. The molecule has 0 aliphatic rings. The summed E-state index contributed by atoms with van der Waals surface area (Å²) in [5.41, 5.74) is -0.140. The number of amides is 1. The number of carbonyl (C=O) groups is 2. The highest BCUT2D eigenvalue weighted by molar-refractivity contribution is 6.17. The van der Waals surface area contributed by atoms with Gasteiger partial charge in [0.05, 0.1) is 5.92 Å². The van der Waals surface area contributed by atoms with E-state index in [0.717, 1.165) is 0 Å². The van der Waals surface area contributed by atoms with Crippen LogP contribution in [0, 0.1) is 5.82 Å². The molecule has 0 aliphatic heterocycles. The van der Waals surface area contributed by atoms with Gasteiger partial charge in [-0.3, -0.25) is 4.79 Å². The fraction of sp³-hybridized carbons (Fsp3) is 0.467. The van der Waals surface area contributed by atoms with Gasteiger partial charge in [-0.15, -0.1) is 0 Å². The van der Waals surface area contributed by atoms with Gasteiger partial charge in [0.25, 0.3) is 0 Å². The van der Waals surface area contributed by atoms with E-state index in [1.54, 1.807) is 20.8 Å². The Hall–Kier alpha value is -1.82. The van der Waals surface area contributed by atoms with Crippen LogP contribution in [0.4, 0.5) is 9.18 Å². The summed E-state index contributed by atoms with van der Waals surface area (Å²) in [6, 6.07) is 5.05. The van der Waals surface area contributed by atoms with E-state index >= 15 is 0 Å². The van der Waals surface area contributed by atoms with Gasteiger partial charge in [-0.1, -0.05) is 23.7 Å². The van der Waals surface area contributed by atoms with Crippen molar-refractivity contribution in [2.24, 2.45) is 0 Å². The van der Waals surface area contributed by atoms with Crippen LogP contribution in [-0.2, 0) is 14.3 Å². The summed E-state index contributed by atoms with van der Waals surface area (Å²) in [5.74, 6) is -1.84. The lowest BCUT2D eigenvalue weighted by Gasteiger charge is -2.21. The summed E-state index contributed by atoms with van der Waals surface area (Å²) in [7, 11) is 0. The van der Waals surface area contributed by atoms with Crippen LogP contribution in [0.2, 0.25) is 0 Å². The Bertz CT molecular complexity index is 513. The number of alkyl halides is 1. The normalized spacial score (nSPS) is 12.4. The van der Waals surface area contributed by atoms with Crippen molar-refractivity contribution >= 4 is 23.7 Å². The Balaban J connectivity index is 2.77. The van der Waals surface area contributed by atoms with Gasteiger partial charge in [-0.25, -0.2) is 9.18 Å². The van der Waals surface area contributed by atoms with E-state index < -0.39 is 29.4 Å². The Morgan fingerprint density at radius 3 is 2.36 bits per heavy atom. The standard InChI is InChI=1S/C15H19ClFNO4/c1-15(2,3)22-14(20)18-8-12(13(19)21-9-16)10-4-6-11(17)7-5-10/h4-7,12H,8-9H2,1-3H3,(H,18,20). The minimum atomic E-state index is -0.799. The molecule has 0 radical (unpaired) electrons. The molecule has 0 spiro atoms. The second kappa shape index (κ2) is 7.98. The van der Waals surface area contributed by atoms with E-state index in [-0.39, 0.29) is 12.6 Å². The number of rotatable bonds is 5. The monoisotopic (exact) mass is 331 g/mol. The summed E-state index contributed by atoms with van der Waals surface area (Å²) >= 11 is 5.39. The van der Waals surface area contributed by atoms with Gasteiger partial charge < -0.3 is 14.8 Å². The summed E-state index contributed by atoms with van der Waals surface area (Å²) in [6.45, 7) is 5.14. The average Bonchev–Trinajstić information content (AvgIpc) is 2.39. The van der Waals surface area contributed by atoms with E-state index in [0.29, 0.717) is 5.56 Å². The second-order valence-electron chi connectivity index (χ2n) is 5.56. The van der Waals surface area contributed by atoms with Crippen molar-refractivity contribution in [3.63, 3.8) is 0 Å². The molecule has 1 unspecified atom stereocenters. The van der Waals surface area contributed by atoms with E-state index in [4.69, 9.17) is 21.1 Å². The SMILES string of the molecule is CC(C)(C)OC(=O)NCC(C(=O)OCCl)c1ccc(F)cc1. The molecule has 1 amide bonds. The van der Waals surface area contributed by atoms with Crippen LogP contribution < -0.4 is 5.32 Å². The number of halogens is 2. The minimum absolute atomic E-state index is 0.0454. The van der Waals surface area contributed by atoms with Crippen molar-refractivity contribution in [3.8, 4) is 0 Å². The Labute approximate surface area is 133 Å². The van der Waals surface area contributed by atoms with Crippen molar-refractivity contribution in [2.75, 3.05) is 12.6 Å². The second-order valence-corrected chi connectivity index (χ2v) is 5.78. The smallest absolute Gasteiger partial charge is 0.407 e. The first-order valence-corrected chi connectivity index (χ1v) is 7.21. The third-order valence-corrected chi connectivity index (χ3v) is 2.71. The average molecular weight is 332 g/mol. The fourth-order valence-electron chi connectivity index (χ4n) is 1.69. The van der Waals surface area contributed by atoms with Crippen LogP contribution in [-0.4, -0.2) is 30.3 Å². The number of alkyl carbamates (subject to hydrolysis) is 1. The van der Waals surface area contributed by atoms with Crippen LogP contribution in [0.15, 0.2) is 24.3 Å². The molecule has 0 bridgehead atoms. The van der Waals surface area contributed by atoms with E-state index in [2.05, 4.69) is 5.32 Å². The van der Waals surface area contributed by atoms with Gasteiger partial charge in [-0.2, -0.15) is 0 Å². The lowest BCUT2D eigenvalue weighted by Crippen LogP contribution is -2.36. The molecular weight excluding hydrogens is 313 g/mol. The predicted molar refractivity (Wildman–Crippen MR) is 80.2 cm³/mol. The van der Waals surface area contributed by atoms with Crippen LogP contribution in [0.25, 0.3) is 0 Å². The zero-order valence-electron chi connectivity index (χ0n) is 12.7. The fourth-order valence-corrected chi connectivity index (χ4v) is 1.79. The van der Waals surface area contributed by atoms with E-state index in [1.807, 2.05) is 0 Å². The molecule has 1 rings (SSSR count). The molecule has 0 aromatic heterocycles. The molecule has 0 saturated carbocycles. The van der Waals surface area contributed by atoms with E-state index in [1.165, 1.54) is 24.3 Å². The molecule has 1 aromatic carbocycles. The number of carbonyl (C=O) groups excluding carboxylic acids is 2. The van der Waals surface area contributed by atoms with Crippen LogP contribution in [0.1, 0.15) is 32.3 Å². The maximum atomic E-state index is 13.0. The highest BCUT2D eigenvalue weighted by atomic mass is 35.5. The third kappa shape index (κ3) is 6.30. The van der Waals surface area contributed by atoms with Crippen LogP contribution >= 0.6 is 11.6 Å². The van der Waals surface area contributed by atoms with Gasteiger partial charge in [0.1, 0.15) is 11.4 Å². The zero-order valence-corrected chi connectivity index (χ0v) is 13.4. The molecule has 7 heteroatoms. The topological polar surface area (TPSA) is 64.6 Å². The molecule has 1 aromatic rings. The maximum Gasteiger partial charge on any atom is 0.407 e. The van der Waals surface area contributed by atoms with Crippen molar-refractivity contribution in [1.29, 1.82) is 0 Å². The van der Waals surface area contributed by atoms with Gasteiger partial charge in [0, 0.05) is 6.54 Å². The number of hydrogen-bond donors (Lipinski definition) is 1. The number of hydrogen-bond acceptors (Lipinski definition) is 4. The van der Waals surface area contributed by atoms with E-state index in [9.17, 15) is 14.0 Å². The molecular formula is C15H19ClFNO4. The van der Waals surface area contributed by atoms with Crippen molar-refractivity contribution < 1.29 is 23.5 Å². The van der Waals surface area contributed by atoms with Gasteiger partial charge in [0.2, 0.25) is 0 Å². The first kappa shape index (κ1) is 18.2. The van der Waals surface area contributed by atoms with Gasteiger partial charge >= 0.3 is 12.1 Å². The molecule has 22 heavy (non-hydrogen) atoms. The van der Waals surface area contributed by atoms with Crippen molar-refractivity contribution in [1.82, 2.24) is 5.32 Å². The highest BCUT2D eigenvalue weighted by Gasteiger charge is 2.24.